The Morgan fingerprint density at radius 3 is 2.74 bits per heavy atom. The Hall–Kier alpha value is -1.91. The number of pyridine rings is 1. The topological polar surface area (TPSA) is 62.2 Å². The van der Waals surface area contributed by atoms with Gasteiger partial charge in [0.05, 0.1) is 21.9 Å². The number of halogens is 1. The molecule has 1 amide bonds. The molecule has 0 bridgehead atoms. The van der Waals surface area contributed by atoms with Crippen LogP contribution in [0, 0.1) is 0 Å². The summed E-state index contributed by atoms with van der Waals surface area (Å²) >= 11 is 6.16. The van der Waals surface area contributed by atoms with Crippen molar-refractivity contribution in [2.24, 2.45) is 0 Å². The highest BCUT2D eigenvalue weighted by Crippen LogP contribution is 2.29. The molecule has 2 N–H and O–H groups in total. The van der Waals surface area contributed by atoms with Gasteiger partial charge in [0.15, 0.2) is 0 Å². The van der Waals surface area contributed by atoms with Crippen molar-refractivity contribution in [3.63, 3.8) is 0 Å². The Bertz CT molecular complexity index is 697. The van der Waals surface area contributed by atoms with Crippen molar-refractivity contribution in [2.75, 3.05) is 6.54 Å². The molecule has 2 aromatic rings. The highest BCUT2D eigenvalue weighted by atomic mass is 35.5. The van der Waals surface area contributed by atoms with Crippen LogP contribution in [0.15, 0.2) is 42.6 Å². The predicted octanol–water partition coefficient (Wildman–Crippen LogP) is 3.44. The van der Waals surface area contributed by atoms with Gasteiger partial charge in [0.2, 0.25) is 0 Å². The number of amides is 1. The molecule has 1 fully saturated rings. The summed E-state index contributed by atoms with van der Waals surface area (Å²) in [5.41, 5.74) is 1.24. The van der Waals surface area contributed by atoms with Crippen LogP contribution in [0.25, 0.3) is 11.3 Å². The van der Waals surface area contributed by atoms with Crippen LogP contribution in [0.1, 0.15) is 36.0 Å². The first-order valence-corrected chi connectivity index (χ1v) is 8.17. The maximum absolute atomic E-state index is 12.4. The highest BCUT2D eigenvalue weighted by molar-refractivity contribution is 6.34. The Morgan fingerprint density at radius 2 is 2.04 bits per heavy atom. The minimum Gasteiger partial charge on any atom is -0.388 e. The zero-order valence-electron chi connectivity index (χ0n) is 12.8. The summed E-state index contributed by atoms with van der Waals surface area (Å²) in [5, 5.41) is 13.5. The molecule has 0 atom stereocenters. The van der Waals surface area contributed by atoms with E-state index in [0.29, 0.717) is 10.6 Å². The number of carbonyl (C=O) groups excluding carboxylic acids is 1. The van der Waals surface area contributed by atoms with E-state index in [-0.39, 0.29) is 12.5 Å². The first-order chi connectivity index (χ1) is 11.1. The normalized spacial score (nSPS) is 16.3. The molecule has 1 aliphatic carbocycles. The molecule has 0 unspecified atom stereocenters. The van der Waals surface area contributed by atoms with Crippen molar-refractivity contribution in [1.82, 2.24) is 10.3 Å². The monoisotopic (exact) mass is 330 g/mol. The molecule has 0 radical (unpaired) electrons. The smallest absolute Gasteiger partial charge is 0.252 e. The summed E-state index contributed by atoms with van der Waals surface area (Å²) in [4.78, 5) is 16.7. The van der Waals surface area contributed by atoms with Gasteiger partial charge in [0, 0.05) is 18.3 Å². The van der Waals surface area contributed by atoms with Crippen molar-refractivity contribution in [3.8, 4) is 11.3 Å². The number of hydrogen-bond donors (Lipinski definition) is 2. The van der Waals surface area contributed by atoms with E-state index < -0.39 is 5.60 Å². The van der Waals surface area contributed by atoms with Gasteiger partial charge in [-0.05, 0) is 37.1 Å². The van der Waals surface area contributed by atoms with Crippen LogP contribution >= 0.6 is 11.6 Å². The summed E-state index contributed by atoms with van der Waals surface area (Å²) in [5.74, 6) is -0.270. The SMILES string of the molecule is O=C(NCC1(O)CCCC1)c1cc(-c2ccccn2)ccc1Cl. The summed E-state index contributed by atoms with van der Waals surface area (Å²) in [6.45, 7) is 0.260. The fourth-order valence-corrected chi connectivity index (χ4v) is 3.15. The van der Waals surface area contributed by atoms with Crippen molar-refractivity contribution in [3.05, 3.63) is 53.2 Å². The molecule has 1 aliphatic rings. The van der Waals surface area contributed by atoms with E-state index in [0.717, 1.165) is 36.9 Å². The van der Waals surface area contributed by atoms with Crippen LogP contribution < -0.4 is 5.32 Å². The molecule has 1 aromatic carbocycles. The van der Waals surface area contributed by atoms with E-state index in [2.05, 4.69) is 10.3 Å². The average Bonchev–Trinajstić information content (AvgIpc) is 3.01. The summed E-state index contributed by atoms with van der Waals surface area (Å²) in [6, 6.07) is 10.9. The minimum absolute atomic E-state index is 0.260. The van der Waals surface area contributed by atoms with Gasteiger partial charge in [-0.15, -0.1) is 0 Å². The van der Waals surface area contributed by atoms with Crippen molar-refractivity contribution >= 4 is 17.5 Å². The van der Waals surface area contributed by atoms with Crippen LogP contribution in [0.3, 0.4) is 0 Å². The quantitative estimate of drug-likeness (QED) is 0.902. The Morgan fingerprint density at radius 1 is 1.26 bits per heavy atom. The van der Waals surface area contributed by atoms with Crippen LogP contribution in [-0.4, -0.2) is 28.1 Å². The lowest BCUT2D eigenvalue weighted by atomic mass is 10.0. The molecular formula is C18H19ClN2O2. The van der Waals surface area contributed by atoms with Gasteiger partial charge >= 0.3 is 0 Å². The van der Waals surface area contributed by atoms with E-state index >= 15 is 0 Å². The fourth-order valence-electron chi connectivity index (χ4n) is 2.94. The van der Waals surface area contributed by atoms with E-state index in [1.54, 1.807) is 18.3 Å². The standard InChI is InChI=1S/C18H19ClN2O2/c19-15-7-6-13(16-5-1-4-10-20-16)11-14(15)17(22)21-12-18(23)8-2-3-9-18/h1,4-7,10-11,23H,2-3,8-9,12H2,(H,21,22). The molecule has 1 heterocycles. The van der Waals surface area contributed by atoms with Crippen LogP contribution in [0.4, 0.5) is 0 Å². The van der Waals surface area contributed by atoms with Gasteiger partial charge in [-0.3, -0.25) is 9.78 Å². The third kappa shape index (κ3) is 3.71. The Balaban J connectivity index is 1.77. The van der Waals surface area contributed by atoms with E-state index in [4.69, 9.17) is 11.6 Å². The average molecular weight is 331 g/mol. The van der Waals surface area contributed by atoms with Crippen LogP contribution in [0.2, 0.25) is 5.02 Å². The van der Waals surface area contributed by atoms with Gasteiger partial charge in [-0.1, -0.05) is 36.6 Å². The molecule has 1 saturated carbocycles. The van der Waals surface area contributed by atoms with Crippen molar-refractivity contribution in [2.45, 2.75) is 31.3 Å². The zero-order valence-corrected chi connectivity index (χ0v) is 13.5. The maximum Gasteiger partial charge on any atom is 0.252 e. The van der Waals surface area contributed by atoms with E-state index in [1.165, 1.54) is 0 Å². The van der Waals surface area contributed by atoms with Gasteiger partial charge in [0.25, 0.3) is 5.91 Å². The summed E-state index contributed by atoms with van der Waals surface area (Å²) in [6.07, 6.45) is 5.17. The fraction of sp³-hybridized carbons (Fsp3) is 0.333. The summed E-state index contributed by atoms with van der Waals surface area (Å²) in [7, 11) is 0. The Labute approximate surface area is 140 Å². The van der Waals surface area contributed by atoms with E-state index in [1.807, 2.05) is 24.3 Å². The third-order valence-corrected chi connectivity index (χ3v) is 4.61. The number of carbonyl (C=O) groups is 1. The zero-order chi connectivity index (χ0) is 16.3. The van der Waals surface area contributed by atoms with Crippen LogP contribution in [-0.2, 0) is 0 Å². The molecule has 0 aliphatic heterocycles. The van der Waals surface area contributed by atoms with Gasteiger partial charge in [0.1, 0.15) is 0 Å². The number of hydrogen-bond acceptors (Lipinski definition) is 3. The number of nitrogens with zero attached hydrogens (tertiary/aromatic N) is 1. The maximum atomic E-state index is 12.4. The molecule has 0 spiro atoms. The van der Waals surface area contributed by atoms with Gasteiger partial charge in [-0.2, -0.15) is 0 Å². The molecule has 4 nitrogen and oxygen atoms in total. The predicted molar refractivity (Wildman–Crippen MR) is 90.4 cm³/mol. The highest BCUT2D eigenvalue weighted by Gasteiger charge is 2.31. The van der Waals surface area contributed by atoms with Gasteiger partial charge < -0.3 is 10.4 Å². The lowest BCUT2D eigenvalue weighted by Crippen LogP contribution is -2.40. The number of rotatable bonds is 4. The second-order valence-electron chi connectivity index (χ2n) is 6.02. The number of benzene rings is 1. The molecule has 0 saturated heterocycles. The lowest BCUT2D eigenvalue weighted by Gasteiger charge is -2.22. The minimum atomic E-state index is -0.777. The third-order valence-electron chi connectivity index (χ3n) is 4.28. The number of aromatic nitrogens is 1. The molecule has 120 valence electrons. The largest absolute Gasteiger partial charge is 0.388 e. The lowest BCUT2D eigenvalue weighted by molar-refractivity contribution is 0.0449. The van der Waals surface area contributed by atoms with Crippen LogP contribution in [0.5, 0.6) is 0 Å². The number of nitrogens with one attached hydrogen (secondary N) is 1. The first kappa shape index (κ1) is 16.0. The Kier molecular flexibility index (Phi) is 4.64. The summed E-state index contributed by atoms with van der Waals surface area (Å²) < 4.78 is 0. The second kappa shape index (κ2) is 6.69. The number of aliphatic hydroxyl groups is 1. The van der Waals surface area contributed by atoms with Crippen molar-refractivity contribution < 1.29 is 9.90 Å². The second-order valence-corrected chi connectivity index (χ2v) is 6.43. The van der Waals surface area contributed by atoms with Gasteiger partial charge in [-0.25, -0.2) is 0 Å². The molecule has 5 heteroatoms. The molecular weight excluding hydrogens is 312 g/mol. The molecule has 1 aromatic heterocycles. The van der Waals surface area contributed by atoms with Crippen molar-refractivity contribution in [1.29, 1.82) is 0 Å². The molecule has 23 heavy (non-hydrogen) atoms. The molecule has 3 rings (SSSR count). The van der Waals surface area contributed by atoms with E-state index in [9.17, 15) is 9.90 Å². The first-order valence-electron chi connectivity index (χ1n) is 7.79.